The number of carbonyl (C=O) groups excluding carboxylic acids is 1. The summed E-state index contributed by atoms with van der Waals surface area (Å²) >= 11 is 1.54. The van der Waals surface area contributed by atoms with Gasteiger partial charge >= 0.3 is 0 Å². The molecular formula is C16H21N3O3S2. The lowest BCUT2D eigenvalue weighted by Gasteiger charge is -2.25. The van der Waals surface area contributed by atoms with Crippen molar-refractivity contribution in [2.75, 3.05) is 42.2 Å². The first kappa shape index (κ1) is 18.8. The Kier molecular flexibility index (Phi) is 6.66. The maximum Gasteiger partial charge on any atom is 0.238 e. The van der Waals surface area contributed by atoms with E-state index in [9.17, 15) is 13.2 Å². The van der Waals surface area contributed by atoms with Gasteiger partial charge in [-0.2, -0.15) is 5.26 Å². The summed E-state index contributed by atoms with van der Waals surface area (Å²) < 4.78 is 22.8. The summed E-state index contributed by atoms with van der Waals surface area (Å²) in [4.78, 5) is 15.0. The van der Waals surface area contributed by atoms with Gasteiger partial charge in [-0.25, -0.2) is 8.42 Å². The second kappa shape index (κ2) is 8.51. The van der Waals surface area contributed by atoms with Crippen LogP contribution in [0.4, 0.5) is 5.69 Å². The molecule has 1 N–H and O–H groups in total. The van der Waals surface area contributed by atoms with Crippen LogP contribution < -0.4 is 5.32 Å². The van der Waals surface area contributed by atoms with Crippen LogP contribution in [-0.4, -0.2) is 56.1 Å². The minimum absolute atomic E-state index is 0.0611. The number of thioether (sulfide) groups is 1. The van der Waals surface area contributed by atoms with Gasteiger partial charge in [0.25, 0.3) is 0 Å². The van der Waals surface area contributed by atoms with Gasteiger partial charge in [0.05, 0.1) is 35.7 Å². The van der Waals surface area contributed by atoms with Crippen molar-refractivity contribution in [1.82, 2.24) is 4.90 Å². The second-order valence-electron chi connectivity index (χ2n) is 5.81. The average Bonchev–Trinajstić information content (AvgIpc) is 2.55. The Morgan fingerprint density at radius 3 is 2.71 bits per heavy atom. The smallest absolute Gasteiger partial charge is 0.238 e. The van der Waals surface area contributed by atoms with Gasteiger partial charge < -0.3 is 5.32 Å². The van der Waals surface area contributed by atoms with Gasteiger partial charge in [0.2, 0.25) is 5.91 Å². The highest BCUT2D eigenvalue weighted by atomic mass is 32.2. The lowest BCUT2D eigenvalue weighted by Crippen LogP contribution is -2.43. The first-order valence-corrected chi connectivity index (χ1v) is 10.5. The minimum atomic E-state index is -2.94. The number of hydrogen-bond donors (Lipinski definition) is 1. The molecule has 1 amide bonds. The van der Waals surface area contributed by atoms with Gasteiger partial charge in [-0.15, -0.1) is 11.8 Å². The number of rotatable bonds is 6. The largest absolute Gasteiger partial charge is 0.324 e. The van der Waals surface area contributed by atoms with E-state index in [0.29, 0.717) is 18.8 Å². The Morgan fingerprint density at radius 2 is 2.04 bits per heavy atom. The van der Waals surface area contributed by atoms with Crippen LogP contribution in [0.1, 0.15) is 6.92 Å². The van der Waals surface area contributed by atoms with Crippen molar-refractivity contribution in [3.63, 3.8) is 0 Å². The predicted molar refractivity (Wildman–Crippen MR) is 95.7 cm³/mol. The Morgan fingerprint density at radius 1 is 1.38 bits per heavy atom. The fourth-order valence-electron chi connectivity index (χ4n) is 2.25. The van der Waals surface area contributed by atoms with Crippen molar-refractivity contribution in [1.29, 1.82) is 5.26 Å². The van der Waals surface area contributed by atoms with Crippen LogP contribution in [0.5, 0.6) is 0 Å². The van der Waals surface area contributed by atoms with Gasteiger partial charge in [-0.3, -0.25) is 9.69 Å². The number of amides is 1. The number of benzene rings is 1. The molecule has 0 radical (unpaired) electrons. The Bertz CT molecular complexity index is 714. The van der Waals surface area contributed by atoms with Crippen LogP contribution in [0.25, 0.3) is 0 Å². The Balaban J connectivity index is 1.91. The van der Waals surface area contributed by atoms with Gasteiger partial charge in [-0.1, -0.05) is 12.1 Å². The van der Waals surface area contributed by atoms with E-state index in [1.165, 1.54) is 11.8 Å². The molecule has 1 atom stereocenters. The number of nitriles is 1. The monoisotopic (exact) mass is 367 g/mol. The van der Waals surface area contributed by atoms with Gasteiger partial charge in [0, 0.05) is 23.7 Å². The number of para-hydroxylation sites is 1. The summed E-state index contributed by atoms with van der Waals surface area (Å²) in [7, 11) is -2.94. The van der Waals surface area contributed by atoms with Gasteiger partial charge in [0.15, 0.2) is 9.84 Å². The van der Waals surface area contributed by atoms with Crippen molar-refractivity contribution in [2.45, 2.75) is 11.8 Å². The minimum Gasteiger partial charge on any atom is -0.324 e. The molecule has 1 aromatic rings. The molecule has 0 aromatic heterocycles. The molecule has 0 spiro atoms. The number of nitrogens with one attached hydrogen (secondary N) is 1. The van der Waals surface area contributed by atoms with E-state index < -0.39 is 9.84 Å². The Labute approximate surface area is 147 Å². The van der Waals surface area contributed by atoms with E-state index in [-0.39, 0.29) is 29.9 Å². The zero-order valence-electron chi connectivity index (χ0n) is 13.6. The first-order chi connectivity index (χ1) is 11.4. The van der Waals surface area contributed by atoms with Crippen LogP contribution in [0, 0.1) is 17.2 Å². The molecule has 0 aliphatic carbocycles. The predicted octanol–water partition coefficient (Wildman–Crippen LogP) is 1.61. The third-order valence-electron chi connectivity index (χ3n) is 3.67. The average molecular weight is 367 g/mol. The van der Waals surface area contributed by atoms with Gasteiger partial charge in [-0.05, 0) is 19.1 Å². The zero-order valence-corrected chi connectivity index (χ0v) is 15.2. The van der Waals surface area contributed by atoms with Crippen molar-refractivity contribution < 1.29 is 13.2 Å². The topological polar surface area (TPSA) is 90.3 Å². The molecule has 1 heterocycles. The molecule has 1 saturated heterocycles. The second-order valence-corrected chi connectivity index (χ2v) is 9.18. The normalized spacial score (nSPS) is 18.5. The molecule has 1 aromatic carbocycles. The molecule has 130 valence electrons. The molecule has 2 rings (SSSR count). The van der Waals surface area contributed by atoms with E-state index in [1.807, 2.05) is 36.1 Å². The van der Waals surface area contributed by atoms with Crippen LogP contribution in [0.15, 0.2) is 29.2 Å². The van der Waals surface area contributed by atoms with Crippen molar-refractivity contribution in [2.24, 2.45) is 5.92 Å². The van der Waals surface area contributed by atoms with Crippen molar-refractivity contribution in [3.05, 3.63) is 24.3 Å². The molecule has 1 aliphatic rings. The first-order valence-electron chi connectivity index (χ1n) is 7.74. The highest BCUT2D eigenvalue weighted by Gasteiger charge is 2.23. The standard InChI is InChI=1S/C16H21N3O3S2/c1-13(10-17)12-23-15-5-3-2-4-14(15)18-16(20)11-19-6-8-24(21,22)9-7-19/h2-5,13H,6-9,11-12H2,1H3,(H,18,20). The highest BCUT2D eigenvalue weighted by molar-refractivity contribution is 7.99. The van der Waals surface area contributed by atoms with Crippen LogP contribution in [0.2, 0.25) is 0 Å². The molecule has 0 bridgehead atoms. The molecular weight excluding hydrogens is 346 g/mol. The fourth-order valence-corrected chi connectivity index (χ4v) is 4.48. The summed E-state index contributed by atoms with van der Waals surface area (Å²) in [5.41, 5.74) is 0.724. The molecule has 1 aliphatic heterocycles. The maximum absolute atomic E-state index is 12.2. The van der Waals surface area contributed by atoms with E-state index in [1.54, 1.807) is 0 Å². The fraction of sp³-hybridized carbons (Fsp3) is 0.500. The van der Waals surface area contributed by atoms with Crippen molar-refractivity contribution >= 4 is 33.2 Å². The van der Waals surface area contributed by atoms with Crippen LogP contribution >= 0.6 is 11.8 Å². The quantitative estimate of drug-likeness (QED) is 0.768. The van der Waals surface area contributed by atoms with Crippen molar-refractivity contribution in [3.8, 4) is 6.07 Å². The number of nitrogens with zero attached hydrogens (tertiary/aromatic N) is 2. The summed E-state index contributed by atoms with van der Waals surface area (Å²) in [6.07, 6.45) is 0. The molecule has 1 unspecified atom stereocenters. The number of hydrogen-bond acceptors (Lipinski definition) is 6. The molecule has 1 fully saturated rings. The third-order valence-corrected chi connectivity index (χ3v) is 6.62. The zero-order chi connectivity index (χ0) is 17.6. The Hall–Kier alpha value is -1.56. The van der Waals surface area contributed by atoms with Crippen LogP contribution in [-0.2, 0) is 14.6 Å². The number of sulfone groups is 1. The maximum atomic E-state index is 12.2. The summed E-state index contributed by atoms with van der Waals surface area (Å²) in [5.74, 6) is 0.662. The van der Waals surface area contributed by atoms with E-state index >= 15 is 0 Å². The summed E-state index contributed by atoms with van der Waals surface area (Å²) in [6.45, 7) is 2.83. The van der Waals surface area contributed by atoms with E-state index in [2.05, 4.69) is 11.4 Å². The van der Waals surface area contributed by atoms with Gasteiger partial charge in [0.1, 0.15) is 0 Å². The van der Waals surface area contributed by atoms with E-state index in [4.69, 9.17) is 5.26 Å². The lowest BCUT2D eigenvalue weighted by atomic mass is 10.3. The molecule has 6 nitrogen and oxygen atoms in total. The highest BCUT2D eigenvalue weighted by Crippen LogP contribution is 2.28. The molecule has 24 heavy (non-hydrogen) atoms. The summed E-state index contributed by atoms with van der Waals surface area (Å²) in [6, 6.07) is 9.68. The molecule has 0 saturated carbocycles. The van der Waals surface area contributed by atoms with E-state index in [0.717, 1.165) is 10.6 Å². The van der Waals surface area contributed by atoms with Crippen LogP contribution in [0.3, 0.4) is 0 Å². The lowest BCUT2D eigenvalue weighted by molar-refractivity contribution is -0.117. The number of carbonyl (C=O) groups is 1. The SMILES string of the molecule is CC(C#N)CSc1ccccc1NC(=O)CN1CCS(=O)(=O)CC1. The molecule has 8 heteroatoms. The number of anilines is 1. The third kappa shape index (κ3) is 5.82. The summed E-state index contributed by atoms with van der Waals surface area (Å²) in [5, 5.41) is 11.8.